The zero-order chi connectivity index (χ0) is 11.5. The van der Waals surface area contributed by atoms with E-state index in [0.29, 0.717) is 17.6 Å². The van der Waals surface area contributed by atoms with E-state index in [1.807, 2.05) is 0 Å². The third-order valence-electron chi connectivity index (χ3n) is 2.06. The van der Waals surface area contributed by atoms with Crippen LogP contribution in [0.1, 0.15) is 33.1 Å². The molecule has 0 fully saturated rings. The molecule has 0 aliphatic heterocycles. The van der Waals surface area contributed by atoms with Gasteiger partial charge in [0.15, 0.2) is 0 Å². The Morgan fingerprint density at radius 1 is 1.40 bits per heavy atom. The summed E-state index contributed by atoms with van der Waals surface area (Å²) >= 11 is 1.68. The molecule has 3 nitrogen and oxygen atoms in total. The van der Waals surface area contributed by atoms with Crippen molar-refractivity contribution < 1.29 is 14.9 Å². The third-order valence-corrected chi connectivity index (χ3v) is 3.44. The van der Waals surface area contributed by atoms with Crippen LogP contribution in [0.15, 0.2) is 0 Å². The second kappa shape index (κ2) is 10.7. The lowest BCUT2D eigenvalue weighted by Gasteiger charge is -2.14. The highest BCUT2D eigenvalue weighted by molar-refractivity contribution is 7.99. The number of ether oxygens (including phenoxy) is 1. The molecule has 4 heteroatoms. The monoisotopic (exact) mass is 236 g/mol. The molecular formula is C11H24O3S. The molecule has 0 rings (SSSR count). The molecule has 0 amide bonds. The van der Waals surface area contributed by atoms with Crippen LogP contribution in [0.25, 0.3) is 0 Å². The lowest BCUT2D eigenvalue weighted by atomic mass is 10.3. The summed E-state index contributed by atoms with van der Waals surface area (Å²) < 4.78 is 5.32. The van der Waals surface area contributed by atoms with Crippen molar-refractivity contribution in [3.05, 3.63) is 0 Å². The van der Waals surface area contributed by atoms with Gasteiger partial charge in [-0.25, -0.2) is 0 Å². The molecule has 0 aromatic heterocycles. The maximum absolute atomic E-state index is 9.56. The summed E-state index contributed by atoms with van der Waals surface area (Å²) in [6, 6.07) is 0. The van der Waals surface area contributed by atoms with Crippen molar-refractivity contribution in [2.75, 3.05) is 25.6 Å². The van der Waals surface area contributed by atoms with Crippen molar-refractivity contribution in [2.45, 2.75) is 44.5 Å². The van der Waals surface area contributed by atoms with Gasteiger partial charge in [-0.3, -0.25) is 0 Å². The summed E-state index contributed by atoms with van der Waals surface area (Å²) in [4.78, 5) is 0. The number of thioether (sulfide) groups is 1. The summed E-state index contributed by atoms with van der Waals surface area (Å²) in [5.41, 5.74) is 0. The van der Waals surface area contributed by atoms with E-state index in [2.05, 4.69) is 13.8 Å². The van der Waals surface area contributed by atoms with E-state index in [1.165, 1.54) is 0 Å². The maximum Gasteiger partial charge on any atom is 0.0863 e. The highest BCUT2D eigenvalue weighted by Crippen LogP contribution is 2.14. The van der Waals surface area contributed by atoms with Crippen LogP contribution in [0.3, 0.4) is 0 Å². The van der Waals surface area contributed by atoms with Crippen LogP contribution in [0, 0.1) is 0 Å². The van der Waals surface area contributed by atoms with Crippen LogP contribution < -0.4 is 0 Å². The Morgan fingerprint density at radius 2 is 2.13 bits per heavy atom. The lowest BCUT2D eigenvalue weighted by Crippen LogP contribution is -2.20. The number of unbranched alkanes of at least 4 members (excludes halogenated alkanes) is 1. The molecule has 2 unspecified atom stereocenters. The van der Waals surface area contributed by atoms with E-state index in [9.17, 15) is 5.11 Å². The molecule has 0 aliphatic rings. The summed E-state index contributed by atoms with van der Waals surface area (Å²) in [6.45, 7) is 5.57. The van der Waals surface area contributed by atoms with Crippen LogP contribution in [0.2, 0.25) is 0 Å². The first-order chi connectivity index (χ1) is 7.20. The molecule has 0 aliphatic carbocycles. The Hall–Kier alpha value is 0.230. The number of aliphatic hydroxyl groups is 2. The van der Waals surface area contributed by atoms with Gasteiger partial charge in [-0.1, -0.05) is 20.3 Å². The topological polar surface area (TPSA) is 49.7 Å². The summed E-state index contributed by atoms with van der Waals surface area (Å²) in [6.07, 6.45) is 2.58. The average molecular weight is 236 g/mol. The average Bonchev–Trinajstić information content (AvgIpc) is 2.22. The largest absolute Gasteiger partial charge is 0.396 e. The minimum Gasteiger partial charge on any atom is -0.396 e. The van der Waals surface area contributed by atoms with Gasteiger partial charge in [-0.05, 0) is 12.8 Å². The molecule has 2 N–H and O–H groups in total. The molecule has 0 saturated carbocycles. The van der Waals surface area contributed by atoms with Crippen molar-refractivity contribution >= 4 is 11.8 Å². The van der Waals surface area contributed by atoms with E-state index >= 15 is 0 Å². The van der Waals surface area contributed by atoms with Crippen molar-refractivity contribution in [3.8, 4) is 0 Å². The Morgan fingerprint density at radius 3 is 2.73 bits per heavy atom. The molecule has 92 valence electrons. The van der Waals surface area contributed by atoms with E-state index in [1.54, 1.807) is 11.8 Å². The smallest absolute Gasteiger partial charge is 0.0863 e. The fourth-order valence-electron chi connectivity index (χ4n) is 1.05. The molecular weight excluding hydrogens is 212 g/mol. The highest BCUT2D eigenvalue weighted by Gasteiger charge is 2.08. The summed E-state index contributed by atoms with van der Waals surface area (Å²) in [5.74, 6) is 0.688. The van der Waals surface area contributed by atoms with Gasteiger partial charge >= 0.3 is 0 Å². The Kier molecular flexibility index (Phi) is 10.9. The van der Waals surface area contributed by atoms with E-state index in [4.69, 9.17) is 9.84 Å². The zero-order valence-corrected chi connectivity index (χ0v) is 10.6. The molecule has 15 heavy (non-hydrogen) atoms. The van der Waals surface area contributed by atoms with Gasteiger partial charge in [0.1, 0.15) is 0 Å². The number of rotatable bonds is 10. The lowest BCUT2D eigenvalue weighted by molar-refractivity contribution is 0.0473. The fraction of sp³-hybridized carbons (Fsp3) is 1.00. The predicted molar refractivity (Wildman–Crippen MR) is 65.4 cm³/mol. The first-order valence-electron chi connectivity index (χ1n) is 5.69. The van der Waals surface area contributed by atoms with Crippen LogP contribution in [-0.2, 0) is 4.74 Å². The van der Waals surface area contributed by atoms with Gasteiger partial charge in [0.2, 0.25) is 0 Å². The zero-order valence-electron chi connectivity index (χ0n) is 9.82. The van der Waals surface area contributed by atoms with Crippen molar-refractivity contribution in [1.82, 2.24) is 0 Å². The number of hydrogen-bond acceptors (Lipinski definition) is 4. The third kappa shape index (κ3) is 10.5. The number of hydrogen-bond donors (Lipinski definition) is 2. The fourth-order valence-corrected chi connectivity index (χ4v) is 1.97. The van der Waals surface area contributed by atoms with Crippen molar-refractivity contribution in [3.63, 3.8) is 0 Å². The number of aliphatic hydroxyl groups excluding tert-OH is 2. The van der Waals surface area contributed by atoms with E-state index < -0.39 is 0 Å². The molecule has 0 saturated heterocycles. The standard InChI is InChI=1S/C11H24O3S/c1-3-4-7-14-8-11(13)9-15-10(2)5-6-12/h10-13H,3-9H2,1-2H3. The Bertz CT molecular complexity index is 133. The van der Waals surface area contributed by atoms with E-state index in [0.717, 1.165) is 25.9 Å². The molecule has 0 aromatic rings. The van der Waals surface area contributed by atoms with Gasteiger partial charge in [0.25, 0.3) is 0 Å². The molecule has 0 radical (unpaired) electrons. The minimum atomic E-state index is -0.381. The maximum atomic E-state index is 9.56. The van der Waals surface area contributed by atoms with Crippen molar-refractivity contribution in [2.24, 2.45) is 0 Å². The van der Waals surface area contributed by atoms with Gasteiger partial charge in [-0.15, -0.1) is 0 Å². The molecule has 0 aromatic carbocycles. The summed E-state index contributed by atoms with van der Waals surface area (Å²) in [7, 11) is 0. The second-order valence-corrected chi connectivity index (χ2v) is 5.21. The van der Waals surface area contributed by atoms with Crippen LogP contribution in [0.5, 0.6) is 0 Å². The van der Waals surface area contributed by atoms with Crippen LogP contribution in [0.4, 0.5) is 0 Å². The van der Waals surface area contributed by atoms with Crippen molar-refractivity contribution in [1.29, 1.82) is 0 Å². The minimum absolute atomic E-state index is 0.220. The predicted octanol–water partition coefficient (Wildman–Crippen LogP) is 1.67. The molecule has 0 heterocycles. The van der Waals surface area contributed by atoms with Gasteiger partial charge in [0.05, 0.1) is 12.7 Å². The SMILES string of the molecule is CCCCOCC(O)CSC(C)CCO. The normalized spacial score (nSPS) is 15.2. The quantitative estimate of drug-likeness (QED) is 0.567. The van der Waals surface area contributed by atoms with Gasteiger partial charge in [-0.2, -0.15) is 11.8 Å². The van der Waals surface area contributed by atoms with E-state index in [-0.39, 0.29) is 12.7 Å². The Labute approximate surface area is 97.2 Å². The summed E-state index contributed by atoms with van der Waals surface area (Å²) in [5, 5.41) is 18.7. The molecule has 2 atom stereocenters. The van der Waals surface area contributed by atoms with Crippen LogP contribution >= 0.6 is 11.8 Å². The molecule has 0 bridgehead atoms. The van der Waals surface area contributed by atoms with Crippen LogP contribution in [-0.4, -0.2) is 47.1 Å². The van der Waals surface area contributed by atoms with Gasteiger partial charge in [0, 0.05) is 24.2 Å². The first-order valence-corrected chi connectivity index (χ1v) is 6.73. The molecule has 0 spiro atoms. The first kappa shape index (κ1) is 15.2. The second-order valence-electron chi connectivity index (χ2n) is 3.74. The Balaban J connectivity index is 3.28. The van der Waals surface area contributed by atoms with Gasteiger partial charge < -0.3 is 14.9 Å². The highest BCUT2D eigenvalue weighted by atomic mass is 32.2.